The van der Waals surface area contributed by atoms with Crippen LogP contribution < -0.4 is 10.6 Å². The van der Waals surface area contributed by atoms with E-state index < -0.39 is 0 Å². The summed E-state index contributed by atoms with van der Waals surface area (Å²) in [6.45, 7) is 11.2. The Morgan fingerprint density at radius 1 is 1.42 bits per heavy atom. The highest BCUT2D eigenvalue weighted by Gasteiger charge is 2.15. The first-order valence-corrected chi connectivity index (χ1v) is 7.02. The van der Waals surface area contributed by atoms with Gasteiger partial charge in [-0.2, -0.15) is 0 Å². The molecule has 19 heavy (non-hydrogen) atoms. The summed E-state index contributed by atoms with van der Waals surface area (Å²) in [5, 5.41) is 0. The van der Waals surface area contributed by atoms with Crippen molar-refractivity contribution in [1.29, 1.82) is 0 Å². The average molecular weight is 281 g/mol. The van der Waals surface area contributed by atoms with Gasteiger partial charge >= 0.3 is 0 Å². The summed E-state index contributed by atoms with van der Waals surface area (Å²) in [6.07, 6.45) is 0. The number of ether oxygens (including phenoxy) is 1. The lowest BCUT2D eigenvalue weighted by atomic mass is 10.1. The van der Waals surface area contributed by atoms with E-state index in [4.69, 9.17) is 22.7 Å². The number of rotatable bonds is 7. The molecule has 0 saturated heterocycles. The van der Waals surface area contributed by atoms with Gasteiger partial charge in [-0.05, 0) is 33.8 Å². The number of aromatic nitrogens is 1. The average Bonchev–Trinajstić information content (AvgIpc) is 2.33. The Bertz CT molecular complexity index is 449. The molecule has 1 heterocycles. The SMILES string of the molecule is CCOCCN(CC)c1cc(C)nc(C)c1C(N)=S. The van der Waals surface area contributed by atoms with Crippen molar-refractivity contribution >= 4 is 22.9 Å². The van der Waals surface area contributed by atoms with Crippen molar-refractivity contribution in [2.24, 2.45) is 5.73 Å². The van der Waals surface area contributed by atoms with Crippen molar-refractivity contribution in [3.63, 3.8) is 0 Å². The Hall–Kier alpha value is -1.20. The number of nitrogens with zero attached hydrogens (tertiary/aromatic N) is 2. The molecule has 1 aromatic rings. The summed E-state index contributed by atoms with van der Waals surface area (Å²) in [6, 6.07) is 2.04. The van der Waals surface area contributed by atoms with Gasteiger partial charge in [-0.25, -0.2) is 0 Å². The first-order valence-electron chi connectivity index (χ1n) is 6.61. The van der Waals surface area contributed by atoms with Gasteiger partial charge < -0.3 is 15.4 Å². The van der Waals surface area contributed by atoms with E-state index in [0.717, 1.165) is 42.3 Å². The van der Waals surface area contributed by atoms with Crippen LogP contribution in [-0.2, 0) is 4.74 Å². The maximum atomic E-state index is 5.85. The summed E-state index contributed by atoms with van der Waals surface area (Å²) in [7, 11) is 0. The maximum Gasteiger partial charge on any atom is 0.107 e. The smallest absolute Gasteiger partial charge is 0.107 e. The number of hydrogen-bond acceptors (Lipinski definition) is 4. The zero-order chi connectivity index (χ0) is 14.4. The Labute approximate surface area is 121 Å². The molecule has 0 unspecified atom stereocenters. The van der Waals surface area contributed by atoms with E-state index in [2.05, 4.69) is 16.8 Å². The number of thiocarbonyl (C=S) groups is 1. The monoisotopic (exact) mass is 281 g/mol. The largest absolute Gasteiger partial charge is 0.389 e. The third-order valence-electron chi connectivity index (χ3n) is 2.99. The first-order chi connectivity index (χ1) is 9.01. The number of nitrogens with two attached hydrogens (primary N) is 1. The third-order valence-corrected chi connectivity index (χ3v) is 3.19. The zero-order valence-electron chi connectivity index (χ0n) is 12.2. The van der Waals surface area contributed by atoms with E-state index in [1.54, 1.807) is 0 Å². The van der Waals surface area contributed by atoms with Crippen LogP contribution in [-0.4, -0.2) is 36.3 Å². The molecule has 5 heteroatoms. The topological polar surface area (TPSA) is 51.4 Å². The lowest BCUT2D eigenvalue weighted by Crippen LogP contribution is -2.30. The Kier molecular flexibility index (Phi) is 6.18. The molecule has 4 nitrogen and oxygen atoms in total. The third kappa shape index (κ3) is 4.14. The molecule has 0 aliphatic heterocycles. The molecule has 0 amide bonds. The van der Waals surface area contributed by atoms with Gasteiger partial charge in [0.2, 0.25) is 0 Å². The predicted molar refractivity (Wildman–Crippen MR) is 84.0 cm³/mol. The highest BCUT2D eigenvalue weighted by atomic mass is 32.1. The Morgan fingerprint density at radius 3 is 2.63 bits per heavy atom. The minimum Gasteiger partial charge on any atom is -0.389 e. The normalized spacial score (nSPS) is 10.5. The fraction of sp³-hybridized carbons (Fsp3) is 0.571. The number of likely N-dealkylation sites (N-methyl/N-ethyl adjacent to an activating group) is 1. The molecular weight excluding hydrogens is 258 g/mol. The molecule has 0 saturated carbocycles. The minimum absolute atomic E-state index is 0.398. The molecule has 0 atom stereocenters. The molecule has 0 bridgehead atoms. The molecular formula is C14H23N3OS. The molecule has 0 radical (unpaired) electrons. The van der Waals surface area contributed by atoms with Crippen LogP contribution in [0.5, 0.6) is 0 Å². The van der Waals surface area contributed by atoms with E-state index in [9.17, 15) is 0 Å². The standard InChI is InChI=1S/C14H23N3OS/c1-5-17(7-8-18-6-2)12-9-10(3)16-11(4)13(12)14(15)19/h9H,5-8H2,1-4H3,(H2,15,19). The van der Waals surface area contributed by atoms with Gasteiger partial charge in [0.15, 0.2) is 0 Å². The molecule has 2 N–H and O–H groups in total. The fourth-order valence-corrected chi connectivity index (χ4v) is 2.38. The quantitative estimate of drug-likeness (QED) is 0.613. The van der Waals surface area contributed by atoms with E-state index in [0.29, 0.717) is 11.6 Å². The van der Waals surface area contributed by atoms with Crippen LogP contribution in [0, 0.1) is 13.8 Å². The van der Waals surface area contributed by atoms with Crippen molar-refractivity contribution < 1.29 is 4.74 Å². The molecule has 0 aliphatic rings. The van der Waals surface area contributed by atoms with E-state index in [1.807, 2.05) is 26.8 Å². The van der Waals surface area contributed by atoms with Crippen molar-refractivity contribution in [1.82, 2.24) is 4.98 Å². The number of hydrogen-bond donors (Lipinski definition) is 1. The predicted octanol–water partition coefficient (Wildman–Crippen LogP) is 2.20. The molecule has 106 valence electrons. The van der Waals surface area contributed by atoms with Crippen molar-refractivity contribution in [2.45, 2.75) is 27.7 Å². The van der Waals surface area contributed by atoms with Crippen LogP contribution in [0.4, 0.5) is 5.69 Å². The first kappa shape index (κ1) is 15.9. The second-order valence-electron chi connectivity index (χ2n) is 4.38. The summed E-state index contributed by atoms with van der Waals surface area (Å²) in [5.41, 5.74) is 9.64. The number of aryl methyl sites for hydroxylation is 2. The second kappa shape index (κ2) is 7.40. The molecule has 1 rings (SSSR count). The molecule has 0 aromatic carbocycles. The lowest BCUT2D eigenvalue weighted by molar-refractivity contribution is 0.154. The van der Waals surface area contributed by atoms with Crippen LogP contribution in [0.15, 0.2) is 6.07 Å². The minimum atomic E-state index is 0.398. The lowest BCUT2D eigenvalue weighted by Gasteiger charge is -2.26. The second-order valence-corrected chi connectivity index (χ2v) is 4.82. The molecule has 1 aromatic heterocycles. The number of anilines is 1. The summed E-state index contributed by atoms with van der Waals surface area (Å²) in [5.74, 6) is 0. The van der Waals surface area contributed by atoms with E-state index >= 15 is 0 Å². The van der Waals surface area contributed by atoms with Crippen LogP contribution in [0.2, 0.25) is 0 Å². The van der Waals surface area contributed by atoms with Crippen molar-refractivity contribution in [3.05, 3.63) is 23.0 Å². The van der Waals surface area contributed by atoms with Gasteiger partial charge in [-0.1, -0.05) is 12.2 Å². The van der Waals surface area contributed by atoms with E-state index in [1.165, 1.54) is 0 Å². The van der Waals surface area contributed by atoms with E-state index in [-0.39, 0.29) is 0 Å². The van der Waals surface area contributed by atoms with Gasteiger partial charge in [-0.3, -0.25) is 4.98 Å². The van der Waals surface area contributed by atoms with Gasteiger partial charge in [0.05, 0.1) is 17.9 Å². The van der Waals surface area contributed by atoms with Crippen LogP contribution >= 0.6 is 12.2 Å². The van der Waals surface area contributed by atoms with Crippen LogP contribution in [0.25, 0.3) is 0 Å². The van der Waals surface area contributed by atoms with Crippen molar-refractivity contribution in [3.8, 4) is 0 Å². The zero-order valence-corrected chi connectivity index (χ0v) is 13.0. The highest BCUT2D eigenvalue weighted by molar-refractivity contribution is 7.80. The maximum absolute atomic E-state index is 5.85. The fourth-order valence-electron chi connectivity index (χ4n) is 2.13. The number of pyridine rings is 1. The van der Waals surface area contributed by atoms with Gasteiger partial charge in [0.1, 0.15) is 4.99 Å². The summed E-state index contributed by atoms with van der Waals surface area (Å²) < 4.78 is 5.43. The molecule has 0 aliphatic carbocycles. The van der Waals surface area contributed by atoms with Gasteiger partial charge in [0.25, 0.3) is 0 Å². The van der Waals surface area contributed by atoms with Gasteiger partial charge in [0, 0.05) is 31.1 Å². The highest BCUT2D eigenvalue weighted by Crippen LogP contribution is 2.23. The molecule has 0 spiro atoms. The Balaban J connectivity index is 3.10. The van der Waals surface area contributed by atoms with Crippen LogP contribution in [0.1, 0.15) is 30.8 Å². The van der Waals surface area contributed by atoms with Gasteiger partial charge in [-0.15, -0.1) is 0 Å². The van der Waals surface area contributed by atoms with Crippen molar-refractivity contribution in [2.75, 3.05) is 31.2 Å². The molecule has 0 fully saturated rings. The summed E-state index contributed by atoms with van der Waals surface area (Å²) in [4.78, 5) is 7.07. The van der Waals surface area contributed by atoms with Crippen LogP contribution in [0.3, 0.4) is 0 Å². The summed E-state index contributed by atoms with van der Waals surface area (Å²) >= 11 is 5.16. The Morgan fingerprint density at radius 2 is 2.11 bits per heavy atom.